The first-order chi connectivity index (χ1) is 30.0. The lowest BCUT2D eigenvalue weighted by atomic mass is 9.75. The van der Waals surface area contributed by atoms with Gasteiger partial charge in [0.15, 0.2) is 0 Å². The Kier molecular flexibility index (Phi) is 10.3. The maximum absolute atomic E-state index is 6.72. The average molecular weight is 827 g/mol. The van der Waals surface area contributed by atoms with Crippen molar-refractivity contribution >= 4 is 21.8 Å². The minimum atomic E-state index is -0.183. The van der Waals surface area contributed by atoms with Crippen molar-refractivity contribution < 1.29 is 9.30 Å². The van der Waals surface area contributed by atoms with Gasteiger partial charge in [0.2, 0.25) is 0 Å². The molecule has 5 heteroatoms. The molecule has 0 spiro atoms. The summed E-state index contributed by atoms with van der Waals surface area (Å²) in [5, 5.41) is 2.33. The molecule has 0 bridgehead atoms. The molecular formula is C58H58N4O. The zero-order valence-electron chi connectivity index (χ0n) is 38.4. The Balaban J connectivity index is 1.08. The third kappa shape index (κ3) is 7.97. The molecule has 316 valence electrons. The van der Waals surface area contributed by atoms with E-state index in [1.165, 1.54) is 38.8 Å². The van der Waals surface area contributed by atoms with Crippen molar-refractivity contribution in [2.24, 2.45) is 0 Å². The predicted molar refractivity (Wildman–Crippen MR) is 259 cm³/mol. The number of ether oxygens (including phenoxy) is 1. The first kappa shape index (κ1) is 41.6. The van der Waals surface area contributed by atoms with Gasteiger partial charge in [-0.25, -0.2) is 4.98 Å². The zero-order chi connectivity index (χ0) is 44.3. The zero-order valence-corrected chi connectivity index (χ0v) is 38.4. The summed E-state index contributed by atoms with van der Waals surface area (Å²) in [4.78, 5) is 4.96. The maximum atomic E-state index is 6.72. The maximum Gasteiger partial charge on any atom is 0.268 e. The molecule has 0 aliphatic heterocycles. The fourth-order valence-electron chi connectivity index (χ4n) is 8.73. The number of hydrogen-bond donors (Lipinski definition) is 0. The number of nitrogens with zero attached hydrogens (tertiary/aromatic N) is 4. The molecule has 0 N–H and O–H groups in total. The predicted octanol–water partition coefficient (Wildman–Crippen LogP) is 14.1. The number of pyridine rings is 1. The first-order valence-electron chi connectivity index (χ1n) is 22.1. The van der Waals surface area contributed by atoms with E-state index in [4.69, 9.17) is 9.72 Å². The van der Waals surface area contributed by atoms with Crippen LogP contribution in [0.2, 0.25) is 0 Å². The average Bonchev–Trinajstić information content (AvgIpc) is 3.90. The monoisotopic (exact) mass is 826 g/mol. The molecule has 3 aromatic heterocycles. The molecular weight excluding hydrogens is 769 g/mol. The lowest BCUT2D eigenvalue weighted by molar-refractivity contribution is -0.599. The minimum Gasteiger partial charge on any atom is -0.458 e. The third-order valence-electron chi connectivity index (χ3n) is 13.0. The number of hydrogen-bond acceptors (Lipinski definition) is 2. The van der Waals surface area contributed by atoms with Crippen LogP contribution in [-0.2, 0) is 21.7 Å². The van der Waals surface area contributed by atoms with Crippen molar-refractivity contribution in [3.63, 3.8) is 0 Å². The fourth-order valence-corrected chi connectivity index (χ4v) is 8.73. The molecule has 9 aromatic rings. The highest BCUT2D eigenvalue weighted by molar-refractivity contribution is 6.09. The van der Waals surface area contributed by atoms with Crippen molar-refractivity contribution in [1.82, 2.24) is 14.1 Å². The fraction of sp³-hybridized carbons (Fsp3) is 0.241. The van der Waals surface area contributed by atoms with Gasteiger partial charge in [-0.1, -0.05) is 148 Å². The summed E-state index contributed by atoms with van der Waals surface area (Å²) in [7, 11) is 0. The Hall–Kier alpha value is -6.72. The summed E-state index contributed by atoms with van der Waals surface area (Å²) in [5.41, 5.74) is 11.4. The van der Waals surface area contributed by atoms with Gasteiger partial charge in [0, 0.05) is 46.3 Å². The molecule has 9 rings (SSSR count). The highest BCUT2D eigenvalue weighted by Crippen LogP contribution is 2.40. The molecule has 0 aliphatic carbocycles. The summed E-state index contributed by atoms with van der Waals surface area (Å²) in [5.74, 6) is 2.38. The van der Waals surface area contributed by atoms with Gasteiger partial charge in [-0.2, -0.15) is 0 Å². The second-order valence-corrected chi connectivity index (χ2v) is 20.1. The molecule has 0 fully saturated rings. The quantitative estimate of drug-likeness (QED) is 0.107. The standard InChI is InChI=1S/C58H58N4O/c1-55(2,3)42-28-29-59-54(36-42)62-52-27-24-43(57(7,8)40-18-13-11-14-19-40)35-51(52)50-26-25-49(38-53(50)62)63-48-23-17-22-46(37-48)60-30-31-61(39-60)47-33-44(56(4,5)6)32-45(34-47)58(9,10)41-20-15-12-16-21-41/h11-38H,1-10H3. The summed E-state index contributed by atoms with van der Waals surface area (Å²) >= 11 is 0. The molecule has 0 saturated carbocycles. The van der Waals surface area contributed by atoms with E-state index in [9.17, 15) is 0 Å². The van der Waals surface area contributed by atoms with Gasteiger partial charge in [-0.3, -0.25) is 13.7 Å². The molecule has 0 aliphatic rings. The third-order valence-corrected chi connectivity index (χ3v) is 13.0. The number of fused-ring (bicyclic) bond motifs is 3. The van der Waals surface area contributed by atoms with Crippen LogP contribution in [0.25, 0.3) is 39.0 Å². The van der Waals surface area contributed by atoms with Gasteiger partial charge >= 0.3 is 0 Å². The van der Waals surface area contributed by atoms with E-state index in [1.54, 1.807) is 0 Å². The lowest BCUT2D eigenvalue weighted by Gasteiger charge is -2.30. The van der Waals surface area contributed by atoms with Crippen LogP contribution >= 0.6 is 0 Å². The Morgan fingerprint density at radius 1 is 0.492 bits per heavy atom. The van der Waals surface area contributed by atoms with E-state index in [-0.39, 0.29) is 21.7 Å². The SMILES string of the molecule is CC(C)(C)c1cc(-[n+]2[c-]n(-c3cccc(Oc4ccc5c6cc(C(C)(C)c7ccccc7)ccc6n(-c6cc(C(C)(C)C)ccn6)c5c4)c3)cc2)cc(C(C)(C)c2ccccc2)c1. The van der Waals surface area contributed by atoms with Crippen LogP contribution in [0.3, 0.4) is 0 Å². The Morgan fingerprint density at radius 2 is 1.14 bits per heavy atom. The van der Waals surface area contributed by atoms with Crippen LogP contribution in [0.5, 0.6) is 11.5 Å². The van der Waals surface area contributed by atoms with E-state index < -0.39 is 0 Å². The molecule has 0 atom stereocenters. The summed E-state index contributed by atoms with van der Waals surface area (Å²) in [6, 6.07) is 54.4. The summed E-state index contributed by atoms with van der Waals surface area (Å²) in [6.45, 7) is 22.8. The second-order valence-electron chi connectivity index (χ2n) is 20.1. The Bertz CT molecular complexity index is 3100. The molecule has 0 amide bonds. The van der Waals surface area contributed by atoms with Crippen molar-refractivity contribution in [2.75, 3.05) is 0 Å². The summed E-state index contributed by atoms with van der Waals surface area (Å²) in [6.07, 6.45) is 9.67. The van der Waals surface area contributed by atoms with E-state index in [0.717, 1.165) is 45.1 Å². The first-order valence-corrected chi connectivity index (χ1v) is 22.1. The molecule has 3 heterocycles. The van der Waals surface area contributed by atoms with Crippen LogP contribution < -0.4 is 9.30 Å². The van der Waals surface area contributed by atoms with Crippen molar-refractivity contribution in [3.8, 4) is 28.7 Å². The van der Waals surface area contributed by atoms with Crippen LogP contribution in [0, 0.1) is 6.33 Å². The van der Waals surface area contributed by atoms with Gasteiger partial charge in [-0.15, -0.1) is 0 Å². The van der Waals surface area contributed by atoms with Gasteiger partial charge in [0.1, 0.15) is 17.3 Å². The van der Waals surface area contributed by atoms with Gasteiger partial charge in [0.05, 0.1) is 22.4 Å². The highest BCUT2D eigenvalue weighted by atomic mass is 16.5. The van der Waals surface area contributed by atoms with Crippen LogP contribution in [0.4, 0.5) is 0 Å². The molecule has 5 nitrogen and oxygen atoms in total. The molecule has 63 heavy (non-hydrogen) atoms. The lowest BCUT2D eigenvalue weighted by Crippen LogP contribution is -2.31. The number of imidazole rings is 1. The Morgan fingerprint density at radius 3 is 1.83 bits per heavy atom. The normalized spacial score (nSPS) is 12.6. The molecule has 0 saturated heterocycles. The minimum absolute atomic E-state index is 0.0289. The molecule has 6 aromatic carbocycles. The van der Waals surface area contributed by atoms with E-state index in [0.29, 0.717) is 0 Å². The molecule has 0 unspecified atom stereocenters. The van der Waals surface area contributed by atoms with E-state index >= 15 is 0 Å². The highest BCUT2D eigenvalue weighted by Gasteiger charge is 2.28. The van der Waals surface area contributed by atoms with Crippen molar-refractivity contribution in [2.45, 2.75) is 90.9 Å². The number of benzene rings is 6. The van der Waals surface area contributed by atoms with E-state index in [1.807, 2.05) is 22.9 Å². The molecule has 0 radical (unpaired) electrons. The van der Waals surface area contributed by atoms with Crippen molar-refractivity contribution in [3.05, 3.63) is 210 Å². The second kappa shape index (κ2) is 15.6. The topological polar surface area (TPSA) is 35.9 Å². The number of rotatable bonds is 9. The van der Waals surface area contributed by atoms with Crippen LogP contribution in [0.15, 0.2) is 170 Å². The van der Waals surface area contributed by atoms with Gasteiger partial charge in [-0.05, 0) is 111 Å². The largest absolute Gasteiger partial charge is 0.458 e. The van der Waals surface area contributed by atoms with E-state index in [2.05, 4.69) is 237 Å². The van der Waals surface area contributed by atoms with Crippen molar-refractivity contribution in [1.29, 1.82) is 0 Å². The van der Waals surface area contributed by atoms with Crippen LogP contribution in [0.1, 0.15) is 103 Å². The number of aromatic nitrogens is 4. The van der Waals surface area contributed by atoms with Gasteiger partial charge < -0.3 is 4.74 Å². The smallest absolute Gasteiger partial charge is 0.268 e. The van der Waals surface area contributed by atoms with Crippen LogP contribution in [-0.4, -0.2) is 14.1 Å². The Labute approximate surface area is 373 Å². The summed E-state index contributed by atoms with van der Waals surface area (Å²) < 4.78 is 13.1. The van der Waals surface area contributed by atoms with Gasteiger partial charge in [0.25, 0.3) is 6.33 Å².